The van der Waals surface area contributed by atoms with Crippen molar-refractivity contribution in [2.24, 2.45) is 0 Å². The molecule has 0 spiro atoms. The van der Waals surface area contributed by atoms with Crippen molar-refractivity contribution in [3.63, 3.8) is 0 Å². The minimum atomic E-state index is -0.393. The van der Waals surface area contributed by atoms with Crippen LogP contribution in [0.1, 0.15) is 39.0 Å². The van der Waals surface area contributed by atoms with E-state index in [0.717, 1.165) is 11.1 Å². The number of pyridine rings is 1. The van der Waals surface area contributed by atoms with Gasteiger partial charge in [0.2, 0.25) is 0 Å². The van der Waals surface area contributed by atoms with Gasteiger partial charge in [0.05, 0.1) is 0 Å². The van der Waals surface area contributed by atoms with Gasteiger partial charge in [0.1, 0.15) is 17.2 Å². The molecule has 2 aromatic carbocycles. The van der Waals surface area contributed by atoms with Crippen molar-refractivity contribution in [3.05, 3.63) is 101 Å². The topological polar surface area (TPSA) is 62.3 Å². The predicted octanol–water partition coefficient (Wildman–Crippen LogP) is 3.81. The van der Waals surface area contributed by atoms with E-state index < -0.39 is 5.91 Å². The van der Waals surface area contributed by atoms with Gasteiger partial charge in [-0.2, -0.15) is 0 Å². The summed E-state index contributed by atoms with van der Waals surface area (Å²) in [5, 5.41) is 2.74. The molecule has 1 N–H and O–H groups in total. The van der Waals surface area contributed by atoms with Gasteiger partial charge in [-0.25, -0.2) is 9.37 Å². The van der Waals surface area contributed by atoms with E-state index in [4.69, 9.17) is 0 Å². The van der Waals surface area contributed by atoms with Crippen LogP contribution in [0.15, 0.2) is 72.8 Å². The molecule has 0 bridgehead atoms. The molecule has 2 amide bonds. The van der Waals surface area contributed by atoms with Crippen molar-refractivity contribution >= 4 is 11.8 Å². The number of rotatable bonds is 7. The van der Waals surface area contributed by atoms with Gasteiger partial charge in [-0.3, -0.25) is 9.59 Å². The second-order valence-corrected chi connectivity index (χ2v) is 6.52. The van der Waals surface area contributed by atoms with Crippen LogP contribution in [0.25, 0.3) is 0 Å². The zero-order valence-corrected chi connectivity index (χ0v) is 16.1. The minimum Gasteiger partial charge on any atom is -0.347 e. The Labute approximate surface area is 169 Å². The normalized spacial score (nSPS) is 10.4. The highest BCUT2D eigenvalue weighted by Gasteiger charge is 2.18. The van der Waals surface area contributed by atoms with E-state index in [-0.39, 0.29) is 29.7 Å². The van der Waals surface area contributed by atoms with Crippen LogP contribution in [-0.4, -0.2) is 28.2 Å². The van der Waals surface area contributed by atoms with Gasteiger partial charge in [0.25, 0.3) is 11.8 Å². The maximum Gasteiger partial charge on any atom is 0.272 e. The van der Waals surface area contributed by atoms with E-state index in [1.54, 1.807) is 35.2 Å². The quantitative estimate of drug-likeness (QED) is 0.666. The van der Waals surface area contributed by atoms with Gasteiger partial charge >= 0.3 is 0 Å². The Morgan fingerprint density at radius 2 is 1.59 bits per heavy atom. The first-order valence-corrected chi connectivity index (χ1v) is 9.39. The van der Waals surface area contributed by atoms with Crippen molar-refractivity contribution < 1.29 is 14.0 Å². The Morgan fingerprint density at radius 3 is 2.28 bits per heavy atom. The van der Waals surface area contributed by atoms with E-state index in [1.165, 1.54) is 12.1 Å². The average molecular weight is 391 g/mol. The van der Waals surface area contributed by atoms with E-state index in [1.807, 2.05) is 37.3 Å². The van der Waals surface area contributed by atoms with Crippen LogP contribution < -0.4 is 5.32 Å². The number of carbonyl (C=O) groups excluding carboxylic acids is 2. The van der Waals surface area contributed by atoms with Gasteiger partial charge in [0.15, 0.2) is 0 Å². The molecule has 0 aliphatic carbocycles. The summed E-state index contributed by atoms with van der Waals surface area (Å²) in [6, 6.07) is 20.4. The molecule has 0 aliphatic rings. The summed E-state index contributed by atoms with van der Waals surface area (Å²) in [5.41, 5.74) is 2.17. The molecular formula is C23H22FN3O2. The third-order valence-electron chi connectivity index (χ3n) is 4.45. The molecule has 0 unspecified atom stereocenters. The van der Waals surface area contributed by atoms with E-state index in [2.05, 4.69) is 10.3 Å². The number of amides is 2. The van der Waals surface area contributed by atoms with E-state index >= 15 is 0 Å². The third kappa shape index (κ3) is 5.48. The standard InChI is InChI=1S/C23H22FN3O2/c1-2-27(16-18-7-4-3-5-8-18)23(29)21-10-6-9-20(26-21)22(28)25-15-17-11-13-19(24)14-12-17/h3-14H,2,15-16H2,1H3,(H,25,28). The second-order valence-electron chi connectivity index (χ2n) is 6.52. The molecular weight excluding hydrogens is 369 g/mol. The van der Waals surface area contributed by atoms with Gasteiger partial charge in [-0.05, 0) is 42.3 Å². The number of nitrogens with one attached hydrogen (secondary N) is 1. The summed E-state index contributed by atoms with van der Waals surface area (Å²) in [4.78, 5) is 31.2. The molecule has 0 saturated heterocycles. The molecule has 29 heavy (non-hydrogen) atoms. The summed E-state index contributed by atoms with van der Waals surface area (Å²) in [6.45, 7) is 3.14. The zero-order chi connectivity index (χ0) is 20.6. The molecule has 1 aromatic heterocycles. The van der Waals surface area contributed by atoms with Crippen LogP contribution >= 0.6 is 0 Å². The number of carbonyl (C=O) groups is 2. The lowest BCUT2D eigenvalue weighted by Gasteiger charge is -2.20. The Bertz CT molecular complexity index is 975. The van der Waals surface area contributed by atoms with Crippen molar-refractivity contribution in [1.29, 1.82) is 0 Å². The second kappa shape index (κ2) is 9.59. The van der Waals surface area contributed by atoms with Crippen LogP contribution in [0.2, 0.25) is 0 Å². The molecule has 0 fully saturated rings. The number of benzene rings is 2. The van der Waals surface area contributed by atoms with Gasteiger partial charge in [0, 0.05) is 19.6 Å². The Morgan fingerprint density at radius 1 is 0.897 bits per heavy atom. The SMILES string of the molecule is CCN(Cc1ccccc1)C(=O)c1cccc(C(=O)NCc2ccc(F)cc2)n1. The Balaban J connectivity index is 1.67. The fraction of sp³-hybridized carbons (Fsp3) is 0.174. The fourth-order valence-corrected chi connectivity index (χ4v) is 2.85. The minimum absolute atomic E-state index is 0.161. The first-order chi connectivity index (χ1) is 14.1. The highest BCUT2D eigenvalue weighted by molar-refractivity contribution is 5.96. The number of aromatic nitrogens is 1. The third-order valence-corrected chi connectivity index (χ3v) is 4.45. The van der Waals surface area contributed by atoms with Crippen molar-refractivity contribution in [3.8, 4) is 0 Å². The molecule has 3 rings (SSSR count). The first-order valence-electron chi connectivity index (χ1n) is 9.39. The monoisotopic (exact) mass is 391 g/mol. The molecule has 6 heteroatoms. The summed E-state index contributed by atoms with van der Waals surface area (Å²) < 4.78 is 13.0. The van der Waals surface area contributed by atoms with E-state index in [0.29, 0.717) is 13.1 Å². The molecule has 0 saturated carbocycles. The van der Waals surface area contributed by atoms with Crippen LogP contribution in [0, 0.1) is 5.82 Å². The van der Waals surface area contributed by atoms with Crippen LogP contribution in [-0.2, 0) is 13.1 Å². The lowest BCUT2D eigenvalue weighted by molar-refractivity contribution is 0.0746. The molecule has 5 nitrogen and oxygen atoms in total. The summed E-state index contributed by atoms with van der Waals surface area (Å²) >= 11 is 0. The predicted molar refractivity (Wildman–Crippen MR) is 109 cm³/mol. The lowest BCUT2D eigenvalue weighted by Crippen LogP contribution is -2.32. The number of halogens is 1. The van der Waals surface area contributed by atoms with Crippen molar-refractivity contribution in [2.75, 3.05) is 6.54 Å². The van der Waals surface area contributed by atoms with Crippen LogP contribution in [0.5, 0.6) is 0 Å². The number of hydrogen-bond donors (Lipinski definition) is 1. The molecule has 0 radical (unpaired) electrons. The summed E-state index contributed by atoms with van der Waals surface area (Å²) in [7, 11) is 0. The highest BCUT2D eigenvalue weighted by Crippen LogP contribution is 2.10. The van der Waals surface area contributed by atoms with Crippen molar-refractivity contribution in [1.82, 2.24) is 15.2 Å². The van der Waals surface area contributed by atoms with Crippen LogP contribution in [0.4, 0.5) is 4.39 Å². The first kappa shape index (κ1) is 20.2. The molecule has 3 aromatic rings. The zero-order valence-electron chi connectivity index (χ0n) is 16.1. The Hall–Kier alpha value is -3.54. The molecule has 0 atom stereocenters. The van der Waals surface area contributed by atoms with Gasteiger partial charge in [-0.15, -0.1) is 0 Å². The summed E-state index contributed by atoms with van der Waals surface area (Å²) in [5.74, 6) is -0.955. The molecule has 0 aliphatic heterocycles. The summed E-state index contributed by atoms with van der Waals surface area (Å²) in [6.07, 6.45) is 0. The highest BCUT2D eigenvalue weighted by atomic mass is 19.1. The average Bonchev–Trinajstić information content (AvgIpc) is 2.77. The van der Waals surface area contributed by atoms with Crippen molar-refractivity contribution in [2.45, 2.75) is 20.0 Å². The fourth-order valence-electron chi connectivity index (χ4n) is 2.85. The molecule has 148 valence electrons. The van der Waals surface area contributed by atoms with E-state index in [9.17, 15) is 14.0 Å². The molecule has 1 heterocycles. The smallest absolute Gasteiger partial charge is 0.272 e. The number of hydrogen-bond acceptors (Lipinski definition) is 3. The Kier molecular flexibility index (Phi) is 6.68. The maximum absolute atomic E-state index is 13.0. The van der Waals surface area contributed by atoms with Gasteiger partial charge < -0.3 is 10.2 Å². The number of nitrogens with zero attached hydrogens (tertiary/aromatic N) is 2. The largest absolute Gasteiger partial charge is 0.347 e. The van der Waals surface area contributed by atoms with Gasteiger partial charge in [-0.1, -0.05) is 48.5 Å². The van der Waals surface area contributed by atoms with Crippen LogP contribution in [0.3, 0.4) is 0 Å². The lowest BCUT2D eigenvalue weighted by atomic mass is 10.2. The maximum atomic E-state index is 13.0.